The standard InChI is InChI=1S/C23H27NO6S/c1-16(25)18-3-8-22(17(2)26)23(15-18)24-19-4-6-20(7-5-19)29-11-12-30-21-9-13-31(27,28)14-10-21/h3-8,15,21,24H,9-14H2,1-2H3. The van der Waals surface area contributed by atoms with Gasteiger partial charge in [0.1, 0.15) is 12.4 Å². The molecule has 1 fully saturated rings. The van der Waals surface area contributed by atoms with Gasteiger partial charge in [-0.3, -0.25) is 9.59 Å². The average Bonchev–Trinajstić information content (AvgIpc) is 2.73. The summed E-state index contributed by atoms with van der Waals surface area (Å²) in [5.74, 6) is 0.887. The Morgan fingerprint density at radius 2 is 1.65 bits per heavy atom. The molecule has 0 saturated carbocycles. The number of Topliss-reactive ketones (excluding diaryl/α,β-unsaturated/α-hetero) is 2. The summed E-state index contributed by atoms with van der Waals surface area (Å²) in [6, 6.07) is 12.2. The van der Waals surface area contributed by atoms with Gasteiger partial charge in [0.15, 0.2) is 21.4 Å². The first-order chi connectivity index (χ1) is 14.7. The average molecular weight is 446 g/mol. The number of sulfone groups is 1. The summed E-state index contributed by atoms with van der Waals surface area (Å²) in [7, 11) is -2.88. The molecule has 0 spiro atoms. The van der Waals surface area contributed by atoms with Gasteiger partial charge in [0.05, 0.1) is 29.9 Å². The maximum Gasteiger partial charge on any atom is 0.161 e. The summed E-state index contributed by atoms with van der Waals surface area (Å²) >= 11 is 0. The Labute approximate surface area is 182 Å². The van der Waals surface area contributed by atoms with Crippen molar-refractivity contribution in [1.82, 2.24) is 0 Å². The topological polar surface area (TPSA) is 98.8 Å². The number of hydrogen-bond acceptors (Lipinski definition) is 7. The van der Waals surface area contributed by atoms with Crippen LogP contribution in [0.2, 0.25) is 0 Å². The number of rotatable bonds is 9. The fourth-order valence-corrected chi connectivity index (χ4v) is 4.82. The lowest BCUT2D eigenvalue weighted by atomic mass is 10.0. The van der Waals surface area contributed by atoms with Crippen LogP contribution in [-0.2, 0) is 14.6 Å². The molecule has 1 saturated heterocycles. The molecule has 0 radical (unpaired) electrons. The number of ether oxygens (including phenoxy) is 2. The molecule has 1 N–H and O–H groups in total. The van der Waals surface area contributed by atoms with Crippen LogP contribution in [0.5, 0.6) is 5.75 Å². The summed E-state index contributed by atoms with van der Waals surface area (Å²) in [6.45, 7) is 3.73. The smallest absolute Gasteiger partial charge is 0.161 e. The number of carbonyl (C=O) groups excluding carboxylic acids is 2. The normalized spacial score (nSPS) is 15.9. The van der Waals surface area contributed by atoms with Crippen molar-refractivity contribution in [3.63, 3.8) is 0 Å². The lowest BCUT2D eigenvalue weighted by molar-refractivity contribution is 0.0285. The van der Waals surface area contributed by atoms with Gasteiger partial charge >= 0.3 is 0 Å². The maximum absolute atomic E-state index is 11.9. The largest absolute Gasteiger partial charge is 0.491 e. The third kappa shape index (κ3) is 6.63. The van der Waals surface area contributed by atoms with E-state index in [2.05, 4.69) is 5.32 Å². The van der Waals surface area contributed by atoms with Gasteiger partial charge in [0, 0.05) is 16.8 Å². The first-order valence-electron chi connectivity index (χ1n) is 10.2. The number of ketones is 2. The number of anilines is 2. The molecule has 8 heteroatoms. The zero-order valence-corrected chi connectivity index (χ0v) is 18.5. The minimum atomic E-state index is -2.88. The van der Waals surface area contributed by atoms with Gasteiger partial charge in [-0.25, -0.2) is 8.42 Å². The van der Waals surface area contributed by atoms with Crippen LogP contribution in [0.4, 0.5) is 11.4 Å². The molecule has 2 aromatic rings. The van der Waals surface area contributed by atoms with Gasteiger partial charge in [0.2, 0.25) is 0 Å². The van der Waals surface area contributed by atoms with Gasteiger partial charge in [-0.1, -0.05) is 6.07 Å². The van der Waals surface area contributed by atoms with E-state index in [1.807, 2.05) is 12.1 Å². The van der Waals surface area contributed by atoms with Crippen molar-refractivity contribution in [2.75, 3.05) is 30.0 Å². The third-order valence-electron chi connectivity index (χ3n) is 5.15. The van der Waals surface area contributed by atoms with Gasteiger partial charge in [-0.05, 0) is 63.1 Å². The monoisotopic (exact) mass is 445 g/mol. The number of carbonyl (C=O) groups is 2. The molecule has 7 nitrogen and oxygen atoms in total. The van der Waals surface area contributed by atoms with Gasteiger partial charge in [-0.2, -0.15) is 0 Å². The van der Waals surface area contributed by atoms with Crippen molar-refractivity contribution in [2.45, 2.75) is 32.8 Å². The Balaban J connectivity index is 1.52. The highest BCUT2D eigenvalue weighted by molar-refractivity contribution is 7.91. The Kier molecular flexibility index (Phi) is 7.46. The van der Waals surface area contributed by atoms with E-state index in [1.165, 1.54) is 13.8 Å². The van der Waals surface area contributed by atoms with Crippen molar-refractivity contribution < 1.29 is 27.5 Å². The predicted molar refractivity (Wildman–Crippen MR) is 119 cm³/mol. The van der Waals surface area contributed by atoms with Crippen LogP contribution in [0.1, 0.15) is 47.4 Å². The highest BCUT2D eigenvalue weighted by Gasteiger charge is 2.23. The van der Waals surface area contributed by atoms with Gasteiger partial charge in [-0.15, -0.1) is 0 Å². The van der Waals surface area contributed by atoms with E-state index in [4.69, 9.17) is 9.47 Å². The highest BCUT2D eigenvalue weighted by atomic mass is 32.2. The Hall–Kier alpha value is -2.71. The molecule has 1 aliphatic heterocycles. The van der Waals surface area contributed by atoms with Crippen molar-refractivity contribution in [3.8, 4) is 5.75 Å². The predicted octanol–water partition coefficient (Wildman–Crippen LogP) is 3.81. The molecule has 0 bridgehead atoms. The van der Waals surface area contributed by atoms with Crippen molar-refractivity contribution in [3.05, 3.63) is 53.6 Å². The zero-order valence-electron chi connectivity index (χ0n) is 17.7. The van der Waals surface area contributed by atoms with Crippen molar-refractivity contribution in [1.29, 1.82) is 0 Å². The fourth-order valence-electron chi connectivity index (χ4n) is 3.37. The minimum absolute atomic E-state index is 0.0278. The first kappa shape index (κ1) is 23.0. The molecular formula is C23H27NO6S. The SMILES string of the molecule is CC(=O)c1ccc(C(C)=O)c(Nc2ccc(OCCOC3CCS(=O)(=O)CC3)cc2)c1. The lowest BCUT2D eigenvalue weighted by Gasteiger charge is -2.22. The lowest BCUT2D eigenvalue weighted by Crippen LogP contribution is -2.29. The van der Waals surface area contributed by atoms with E-state index in [1.54, 1.807) is 30.3 Å². The molecule has 0 atom stereocenters. The number of benzene rings is 2. The van der Waals surface area contributed by atoms with E-state index in [0.29, 0.717) is 48.6 Å². The number of nitrogens with one attached hydrogen (secondary N) is 1. The fraction of sp³-hybridized carbons (Fsp3) is 0.391. The molecule has 1 heterocycles. The van der Waals surface area contributed by atoms with Gasteiger partial charge in [0.25, 0.3) is 0 Å². The van der Waals surface area contributed by atoms with Crippen LogP contribution in [0.15, 0.2) is 42.5 Å². The molecule has 0 aliphatic carbocycles. The number of hydrogen-bond donors (Lipinski definition) is 1. The van der Waals surface area contributed by atoms with Crippen LogP contribution in [0.3, 0.4) is 0 Å². The highest BCUT2D eigenvalue weighted by Crippen LogP contribution is 2.25. The minimum Gasteiger partial charge on any atom is -0.491 e. The maximum atomic E-state index is 11.9. The second kappa shape index (κ2) is 10.1. The summed E-state index contributed by atoms with van der Waals surface area (Å²) in [5.41, 5.74) is 2.38. The summed E-state index contributed by atoms with van der Waals surface area (Å²) in [4.78, 5) is 23.6. The summed E-state index contributed by atoms with van der Waals surface area (Å²) in [6.07, 6.45) is 1.05. The zero-order chi connectivity index (χ0) is 22.4. The van der Waals surface area contributed by atoms with E-state index >= 15 is 0 Å². The van der Waals surface area contributed by atoms with Crippen LogP contribution in [0.25, 0.3) is 0 Å². The molecule has 2 aromatic carbocycles. The molecule has 3 rings (SSSR count). The van der Waals surface area contributed by atoms with Crippen LogP contribution in [-0.4, -0.2) is 50.8 Å². The van der Waals surface area contributed by atoms with Crippen LogP contribution >= 0.6 is 0 Å². The van der Waals surface area contributed by atoms with Crippen LogP contribution < -0.4 is 10.1 Å². The van der Waals surface area contributed by atoms with E-state index in [0.717, 1.165) is 5.69 Å². The molecule has 0 unspecified atom stereocenters. The summed E-state index contributed by atoms with van der Waals surface area (Å²) in [5, 5.41) is 3.19. The summed E-state index contributed by atoms with van der Waals surface area (Å²) < 4.78 is 34.3. The third-order valence-corrected chi connectivity index (χ3v) is 6.86. The molecule has 0 aromatic heterocycles. The van der Waals surface area contributed by atoms with Gasteiger partial charge < -0.3 is 14.8 Å². The molecule has 31 heavy (non-hydrogen) atoms. The molecule has 0 amide bonds. The van der Waals surface area contributed by atoms with E-state index in [9.17, 15) is 18.0 Å². The van der Waals surface area contributed by atoms with Crippen molar-refractivity contribution in [2.24, 2.45) is 0 Å². The molecule has 166 valence electrons. The van der Waals surface area contributed by atoms with E-state index in [-0.39, 0.29) is 29.2 Å². The second-order valence-corrected chi connectivity index (χ2v) is 9.90. The van der Waals surface area contributed by atoms with E-state index < -0.39 is 9.84 Å². The Morgan fingerprint density at radius 1 is 0.968 bits per heavy atom. The van der Waals surface area contributed by atoms with Crippen molar-refractivity contribution >= 4 is 32.8 Å². The quantitative estimate of drug-likeness (QED) is 0.463. The Morgan fingerprint density at radius 3 is 2.26 bits per heavy atom. The second-order valence-electron chi connectivity index (χ2n) is 7.59. The first-order valence-corrected chi connectivity index (χ1v) is 12.0. The Bertz CT molecular complexity index is 1030. The molecular weight excluding hydrogens is 418 g/mol. The molecule has 1 aliphatic rings. The van der Waals surface area contributed by atoms with Crippen LogP contribution in [0, 0.1) is 0 Å².